The van der Waals surface area contributed by atoms with Gasteiger partial charge in [0.1, 0.15) is 5.82 Å². The maximum atomic E-state index is 13.2. The summed E-state index contributed by atoms with van der Waals surface area (Å²) in [6.45, 7) is 1.83. The van der Waals surface area contributed by atoms with Gasteiger partial charge in [-0.1, -0.05) is 0 Å². The van der Waals surface area contributed by atoms with E-state index in [0.29, 0.717) is 17.1 Å². The van der Waals surface area contributed by atoms with E-state index in [1.165, 1.54) is 50.3 Å². The number of carbonyl (C=O) groups excluding carboxylic acids is 1. The van der Waals surface area contributed by atoms with Gasteiger partial charge in [0.25, 0.3) is 5.56 Å². The summed E-state index contributed by atoms with van der Waals surface area (Å²) >= 11 is 0. The molecule has 2 rings (SSSR count). The van der Waals surface area contributed by atoms with E-state index >= 15 is 0 Å². The third-order valence-corrected chi connectivity index (χ3v) is 3.96. The Morgan fingerprint density at radius 1 is 1.22 bits per heavy atom. The second-order valence-electron chi connectivity index (χ2n) is 5.66. The van der Waals surface area contributed by atoms with Gasteiger partial charge >= 0.3 is 5.97 Å². The lowest BCUT2D eigenvalue weighted by atomic mass is 10.1. The van der Waals surface area contributed by atoms with Gasteiger partial charge in [0.15, 0.2) is 6.29 Å². The summed E-state index contributed by atoms with van der Waals surface area (Å²) in [5.41, 5.74) is 1.03. The molecule has 0 spiro atoms. The van der Waals surface area contributed by atoms with Gasteiger partial charge in [0.05, 0.1) is 37.0 Å². The van der Waals surface area contributed by atoms with Crippen molar-refractivity contribution >= 4 is 11.7 Å². The highest BCUT2D eigenvalue weighted by Gasteiger charge is 2.20. The van der Waals surface area contributed by atoms with Gasteiger partial charge < -0.3 is 14.2 Å². The molecule has 0 fully saturated rings. The van der Waals surface area contributed by atoms with Crippen molar-refractivity contribution < 1.29 is 23.4 Å². The molecular weight excluding hydrogens is 357 g/mol. The summed E-state index contributed by atoms with van der Waals surface area (Å²) in [5, 5.41) is 2.89. The molecule has 0 aliphatic rings. The minimum absolute atomic E-state index is 0.139. The van der Waals surface area contributed by atoms with E-state index in [0.717, 1.165) is 0 Å². The van der Waals surface area contributed by atoms with E-state index in [4.69, 9.17) is 14.2 Å². The summed E-state index contributed by atoms with van der Waals surface area (Å²) < 4.78 is 29.3. The van der Waals surface area contributed by atoms with Crippen molar-refractivity contribution in [2.24, 2.45) is 4.99 Å². The molecule has 0 radical (unpaired) electrons. The van der Waals surface area contributed by atoms with Crippen molar-refractivity contribution in [2.75, 3.05) is 27.9 Å². The smallest absolute Gasteiger partial charge is 0.311 e. The van der Waals surface area contributed by atoms with Crippen molar-refractivity contribution in [3.05, 3.63) is 51.7 Å². The van der Waals surface area contributed by atoms with Crippen LogP contribution in [0.3, 0.4) is 0 Å². The van der Waals surface area contributed by atoms with Crippen LogP contribution in [0.15, 0.2) is 34.1 Å². The van der Waals surface area contributed by atoms with Crippen LogP contribution < -0.4 is 5.56 Å². The highest BCUT2D eigenvalue weighted by atomic mass is 19.1. The lowest BCUT2D eigenvalue weighted by Gasteiger charge is -2.10. The van der Waals surface area contributed by atoms with E-state index < -0.39 is 23.6 Å². The molecule has 1 aromatic heterocycles. The minimum Gasteiger partial charge on any atom is -0.469 e. The molecule has 8 nitrogen and oxygen atoms in total. The number of hydrogen-bond acceptors (Lipinski definition) is 6. The Bertz CT molecular complexity index is 866. The Kier molecular flexibility index (Phi) is 7.03. The number of aromatic nitrogens is 2. The minimum atomic E-state index is -0.553. The molecule has 146 valence electrons. The third-order valence-electron chi connectivity index (χ3n) is 3.96. The molecule has 1 heterocycles. The number of aromatic amines is 1. The third kappa shape index (κ3) is 4.89. The molecule has 1 aromatic carbocycles. The highest BCUT2D eigenvalue weighted by Crippen LogP contribution is 2.12. The predicted molar refractivity (Wildman–Crippen MR) is 97.0 cm³/mol. The Morgan fingerprint density at radius 3 is 2.41 bits per heavy atom. The summed E-state index contributed by atoms with van der Waals surface area (Å²) in [5.74, 6) is -0.931. The van der Waals surface area contributed by atoms with Gasteiger partial charge in [-0.3, -0.25) is 19.7 Å². The summed E-state index contributed by atoms with van der Waals surface area (Å²) in [7, 11) is 4.23. The lowest BCUT2D eigenvalue weighted by Crippen LogP contribution is -2.22. The number of methoxy groups -OCH3 is 3. The largest absolute Gasteiger partial charge is 0.469 e. The first-order valence-electron chi connectivity index (χ1n) is 8.14. The first-order chi connectivity index (χ1) is 12.9. The molecule has 0 atom stereocenters. The van der Waals surface area contributed by atoms with Crippen LogP contribution in [0.5, 0.6) is 0 Å². The molecule has 0 saturated carbocycles. The summed E-state index contributed by atoms with van der Waals surface area (Å²) in [6.07, 6.45) is -0.692. The SMILES string of the molecule is COC(=O)Cc1[nH]n(-c2ccc(F)cc2)c(=O)c1C(C)=NCC(OC)OC. The topological polar surface area (TPSA) is 94.9 Å². The molecule has 1 N–H and O–H groups in total. The Labute approximate surface area is 155 Å². The first-order valence-corrected chi connectivity index (χ1v) is 8.14. The zero-order valence-electron chi connectivity index (χ0n) is 15.6. The molecule has 0 unspecified atom stereocenters. The normalized spacial score (nSPS) is 11.9. The average Bonchev–Trinajstić information content (AvgIpc) is 2.98. The van der Waals surface area contributed by atoms with Gasteiger partial charge in [0.2, 0.25) is 0 Å². The molecule has 2 aromatic rings. The molecular formula is C18H22FN3O5. The van der Waals surface area contributed by atoms with Crippen LogP contribution in [-0.4, -0.2) is 55.6 Å². The van der Waals surface area contributed by atoms with Crippen LogP contribution in [0, 0.1) is 5.82 Å². The van der Waals surface area contributed by atoms with Gasteiger partial charge in [-0.25, -0.2) is 9.07 Å². The quantitative estimate of drug-likeness (QED) is 0.426. The van der Waals surface area contributed by atoms with E-state index in [1.807, 2.05) is 0 Å². The second kappa shape index (κ2) is 9.24. The van der Waals surface area contributed by atoms with Gasteiger partial charge in [-0.2, -0.15) is 0 Å². The molecule has 0 aliphatic carbocycles. The number of halogens is 1. The number of rotatable bonds is 8. The van der Waals surface area contributed by atoms with E-state index in [2.05, 4.69) is 10.1 Å². The Morgan fingerprint density at radius 2 is 1.85 bits per heavy atom. The molecule has 27 heavy (non-hydrogen) atoms. The van der Waals surface area contributed by atoms with E-state index in [1.54, 1.807) is 6.92 Å². The van der Waals surface area contributed by atoms with Gasteiger partial charge in [-0.15, -0.1) is 0 Å². The van der Waals surface area contributed by atoms with Gasteiger partial charge in [0, 0.05) is 19.9 Å². The fraction of sp³-hybridized carbons (Fsp3) is 0.389. The molecule has 0 amide bonds. The second-order valence-corrected chi connectivity index (χ2v) is 5.66. The van der Waals surface area contributed by atoms with Crippen LogP contribution >= 0.6 is 0 Å². The summed E-state index contributed by atoms with van der Waals surface area (Å²) in [6, 6.07) is 5.39. The Hall–Kier alpha value is -2.78. The molecule has 9 heteroatoms. The number of H-pyrrole nitrogens is 1. The standard InChI is InChI=1S/C18H22FN3O5/c1-11(20-10-16(26-3)27-4)17-14(9-15(23)25-2)21-22(18(17)24)13-7-5-12(19)6-8-13/h5-8,16,21H,9-10H2,1-4H3. The fourth-order valence-electron chi connectivity index (χ4n) is 2.51. The van der Waals surface area contributed by atoms with Crippen molar-refractivity contribution in [1.29, 1.82) is 0 Å². The number of nitrogens with zero attached hydrogens (tertiary/aromatic N) is 2. The molecule has 0 saturated heterocycles. The zero-order chi connectivity index (χ0) is 20.0. The number of carbonyl (C=O) groups is 1. The number of esters is 1. The number of ether oxygens (including phenoxy) is 3. The van der Waals surface area contributed by atoms with Crippen molar-refractivity contribution in [3.8, 4) is 5.69 Å². The summed E-state index contributed by atoms with van der Waals surface area (Å²) in [4.78, 5) is 29.0. The number of hydrogen-bond donors (Lipinski definition) is 1. The maximum Gasteiger partial charge on any atom is 0.311 e. The van der Waals surface area contributed by atoms with Crippen LogP contribution in [0.4, 0.5) is 4.39 Å². The number of aliphatic imine (C=N–C) groups is 1. The number of nitrogens with one attached hydrogen (secondary N) is 1. The Balaban J connectivity index is 2.49. The first kappa shape index (κ1) is 20.5. The average molecular weight is 379 g/mol. The predicted octanol–water partition coefficient (Wildman–Crippen LogP) is 1.45. The maximum absolute atomic E-state index is 13.2. The molecule has 0 bridgehead atoms. The lowest BCUT2D eigenvalue weighted by molar-refractivity contribution is -0.139. The number of benzene rings is 1. The molecule has 0 aliphatic heterocycles. The van der Waals surface area contributed by atoms with Crippen LogP contribution in [-0.2, 0) is 25.4 Å². The zero-order valence-corrected chi connectivity index (χ0v) is 15.6. The van der Waals surface area contributed by atoms with E-state index in [-0.39, 0.29) is 18.5 Å². The van der Waals surface area contributed by atoms with Crippen molar-refractivity contribution in [2.45, 2.75) is 19.6 Å². The fourth-order valence-corrected chi connectivity index (χ4v) is 2.51. The van der Waals surface area contributed by atoms with Crippen LogP contribution in [0.25, 0.3) is 5.69 Å². The highest BCUT2D eigenvalue weighted by molar-refractivity contribution is 6.00. The monoisotopic (exact) mass is 379 g/mol. The van der Waals surface area contributed by atoms with Crippen LogP contribution in [0.2, 0.25) is 0 Å². The van der Waals surface area contributed by atoms with E-state index in [9.17, 15) is 14.0 Å². The van der Waals surface area contributed by atoms with Gasteiger partial charge in [-0.05, 0) is 31.2 Å². The van der Waals surface area contributed by atoms with Crippen LogP contribution in [0.1, 0.15) is 18.2 Å². The van der Waals surface area contributed by atoms with Crippen molar-refractivity contribution in [3.63, 3.8) is 0 Å². The van der Waals surface area contributed by atoms with Crippen molar-refractivity contribution in [1.82, 2.24) is 9.78 Å².